The average molecular weight is 206 g/mol. The number of ether oxygens (including phenoxy) is 1. The van der Waals surface area contributed by atoms with Gasteiger partial charge in [0, 0.05) is 12.5 Å². The summed E-state index contributed by atoms with van der Waals surface area (Å²) >= 11 is 0. The Labute approximate surface area is 89.0 Å². The largest absolute Gasteiger partial charge is 0.490 e. The predicted octanol–water partition coefficient (Wildman–Crippen LogP) is 2.48. The maximum Gasteiger partial charge on any atom is 0.327 e. The molecule has 0 aliphatic carbocycles. The van der Waals surface area contributed by atoms with Crippen LogP contribution in [-0.2, 0) is 4.79 Å². The monoisotopic (exact) mass is 206 g/mol. The molecule has 0 saturated heterocycles. The van der Waals surface area contributed by atoms with Gasteiger partial charge in [0.1, 0.15) is 5.75 Å². The first-order valence-corrected chi connectivity index (χ1v) is 4.79. The quantitative estimate of drug-likeness (QED) is 0.753. The molecule has 1 rings (SSSR count). The van der Waals surface area contributed by atoms with Crippen LogP contribution in [0.1, 0.15) is 13.3 Å². The third-order valence-corrected chi connectivity index (χ3v) is 1.81. The summed E-state index contributed by atoms with van der Waals surface area (Å²) in [7, 11) is 0. The minimum atomic E-state index is -0.929. The summed E-state index contributed by atoms with van der Waals surface area (Å²) in [5, 5.41) is 8.39. The van der Waals surface area contributed by atoms with Gasteiger partial charge in [-0.3, -0.25) is 0 Å². The van der Waals surface area contributed by atoms with E-state index in [1.54, 1.807) is 6.08 Å². The number of carboxylic acids is 1. The number of aliphatic carboxylic acids is 1. The highest BCUT2D eigenvalue weighted by molar-refractivity contribution is 5.79. The molecule has 0 aromatic heterocycles. The van der Waals surface area contributed by atoms with Crippen molar-refractivity contribution in [3.8, 4) is 5.75 Å². The van der Waals surface area contributed by atoms with Gasteiger partial charge in [0.2, 0.25) is 0 Å². The SMILES string of the molecule is CC(C/C=C/C(=O)O)Oc1ccccc1. The Hall–Kier alpha value is -1.77. The number of hydrogen-bond donors (Lipinski definition) is 1. The van der Waals surface area contributed by atoms with Gasteiger partial charge in [-0.25, -0.2) is 4.79 Å². The minimum Gasteiger partial charge on any atom is -0.490 e. The van der Waals surface area contributed by atoms with Crippen LogP contribution in [0.15, 0.2) is 42.5 Å². The first kappa shape index (κ1) is 11.3. The van der Waals surface area contributed by atoms with Gasteiger partial charge >= 0.3 is 5.97 Å². The molecule has 1 aromatic rings. The maximum absolute atomic E-state index is 10.2. The summed E-state index contributed by atoms with van der Waals surface area (Å²) < 4.78 is 5.55. The smallest absolute Gasteiger partial charge is 0.327 e. The van der Waals surface area contributed by atoms with Crippen LogP contribution in [0, 0.1) is 0 Å². The molecule has 0 heterocycles. The minimum absolute atomic E-state index is 0.0250. The lowest BCUT2D eigenvalue weighted by atomic mass is 10.2. The summed E-state index contributed by atoms with van der Waals surface area (Å²) in [6.07, 6.45) is 3.28. The van der Waals surface area contributed by atoms with Crippen molar-refractivity contribution in [2.24, 2.45) is 0 Å². The van der Waals surface area contributed by atoms with E-state index in [9.17, 15) is 4.79 Å². The van der Waals surface area contributed by atoms with E-state index in [-0.39, 0.29) is 6.10 Å². The van der Waals surface area contributed by atoms with Crippen molar-refractivity contribution >= 4 is 5.97 Å². The van der Waals surface area contributed by atoms with E-state index in [0.717, 1.165) is 11.8 Å². The average Bonchev–Trinajstić information content (AvgIpc) is 2.18. The number of hydrogen-bond acceptors (Lipinski definition) is 2. The van der Waals surface area contributed by atoms with E-state index in [0.29, 0.717) is 6.42 Å². The molecule has 80 valence electrons. The molecule has 15 heavy (non-hydrogen) atoms. The van der Waals surface area contributed by atoms with Gasteiger partial charge in [-0.15, -0.1) is 0 Å². The molecule has 3 heteroatoms. The molecule has 1 N–H and O–H groups in total. The third-order valence-electron chi connectivity index (χ3n) is 1.81. The topological polar surface area (TPSA) is 46.5 Å². The van der Waals surface area contributed by atoms with Crippen LogP contribution < -0.4 is 4.74 Å². The van der Waals surface area contributed by atoms with Gasteiger partial charge in [0.25, 0.3) is 0 Å². The van der Waals surface area contributed by atoms with Crippen LogP contribution in [0.3, 0.4) is 0 Å². The Morgan fingerprint density at radius 2 is 2.13 bits per heavy atom. The highest BCUT2D eigenvalue weighted by Gasteiger charge is 2.00. The Morgan fingerprint density at radius 3 is 2.73 bits per heavy atom. The van der Waals surface area contributed by atoms with E-state index in [4.69, 9.17) is 9.84 Å². The molecular weight excluding hydrogens is 192 g/mol. The molecule has 0 spiro atoms. The van der Waals surface area contributed by atoms with Crippen molar-refractivity contribution < 1.29 is 14.6 Å². The lowest BCUT2D eigenvalue weighted by Crippen LogP contribution is -2.10. The number of rotatable bonds is 5. The van der Waals surface area contributed by atoms with Gasteiger partial charge in [0.15, 0.2) is 0 Å². The van der Waals surface area contributed by atoms with Crippen LogP contribution >= 0.6 is 0 Å². The van der Waals surface area contributed by atoms with Gasteiger partial charge < -0.3 is 9.84 Å². The third kappa shape index (κ3) is 4.86. The van der Waals surface area contributed by atoms with Gasteiger partial charge in [-0.2, -0.15) is 0 Å². The van der Waals surface area contributed by atoms with Crippen LogP contribution in [0.2, 0.25) is 0 Å². The number of para-hydroxylation sites is 1. The fraction of sp³-hybridized carbons (Fsp3) is 0.250. The molecule has 0 bridgehead atoms. The van der Waals surface area contributed by atoms with Crippen molar-refractivity contribution in [2.75, 3.05) is 0 Å². The molecule has 1 aromatic carbocycles. The lowest BCUT2D eigenvalue weighted by Gasteiger charge is -2.12. The van der Waals surface area contributed by atoms with Crippen LogP contribution in [0.4, 0.5) is 0 Å². The van der Waals surface area contributed by atoms with Crippen molar-refractivity contribution in [1.29, 1.82) is 0 Å². The number of carboxylic acid groups (broad SMARTS) is 1. The Balaban J connectivity index is 2.36. The fourth-order valence-electron chi connectivity index (χ4n) is 1.14. The van der Waals surface area contributed by atoms with Crippen molar-refractivity contribution in [2.45, 2.75) is 19.4 Å². The van der Waals surface area contributed by atoms with E-state index in [1.807, 2.05) is 37.3 Å². The normalized spacial score (nSPS) is 12.6. The van der Waals surface area contributed by atoms with Crippen molar-refractivity contribution in [3.05, 3.63) is 42.5 Å². The Kier molecular flexibility index (Phi) is 4.41. The molecule has 0 saturated carbocycles. The van der Waals surface area contributed by atoms with Gasteiger partial charge in [-0.05, 0) is 19.1 Å². The second kappa shape index (κ2) is 5.86. The first-order valence-electron chi connectivity index (χ1n) is 4.79. The molecule has 1 atom stereocenters. The Morgan fingerprint density at radius 1 is 1.47 bits per heavy atom. The van der Waals surface area contributed by atoms with E-state index in [2.05, 4.69) is 0 Å². The summed E-state index contributed by atoms with van der Waals surface area (Å²) in [5.74, 6) is -0.129. The van der Waals surface area contributed by atoms with Crippen LogP contribution in [-0.4, -0.2) is 17.2 Å². The molecule has 0 amide bonds. The van der Waals surface area contributed by atoms with E-state index < -0.39 is 5.97 Å². The van der Waals surface area contributed by atoms with Gasteiger partial charge in [-0.1, -0.05) is 24.3 Å². The standard InChI is InChI=1S/C12H14O3/c1-10(6-5-9-12(13)14)15-11-7-3-2-4-8-11/h2-5,7-10H,6H2,1H3,(H,13,14)/b9-5+. The summed E-state index contributed by atoms with van der Waals surface area (Å²) in [4.78, 5) is 10.2. The zero-order valence-corrected chi connectivity index (χ0v) is 8.59. The van der Waals surface area contributed by atoms with Crippen molar-refractivity contribution in [3.63, 3.8) is 0 Å². The predicted molar refractivity (Wildman–Crippen MR) is 57.9 cm³/mol. The summed E-state index contributed by atoms with van der Waals surface area (Å²) in [6, 6.07) is 9.46. The van der Waals surface area contributed by atoms with Gasteiger partial charge in [0.05, 0.1) is 6.10 Å². The zero-order valence-electron chi connectivity index (χ0n) is 8.59. The lowest BCUT2D eigenvalue weighted by molar-refractivity contribution is -0.131. The second-order valence-electron chi connectivity index (χ2n) is 3.22. The van der Waals surface area contributed by atoms with E-state index in [1.165, 1.54) is 0 Å². The molecule has 3 nitrogen and oxygen atoms in total. The Bertz CT molecular complexity index is 330. The number of benzene rings is 1. The van der Waals surface area contributed by atoms with Crippen molar-refractivity contribution in [1.82, 2.24) is 0 Å². The summed E-state index contributed by atoms with van der Waals surface area (Å²) in [6.45, 7) is 1.90. The molecular formula is C12H14O3. The highest BCUT2D eigenvalue weighted by Crippen LogP contribution is 2.12. The van der Waals surface area contributed by atoms with Crippen LogP contribution in [0.5, 0.6) is 5.75 Å². The van der Waals surface area contributed by atoms with E-state index >= 15 is 0 Å². The second-order valence-corrected chi connectivity index (χ2v) is 3.22. The molecule has 1 unspecified atom stereocenters. The zero-order chi connectivity index (χ0) is 11.1. The maximum atomic E-state index is 10.2. The molecule has 0 aliphatic rings. The summed E-state index contributed by atoms with van der Waals surface area (Å²) in [5.41, 5.74) is 0. The molecule has 0 aliphatic heterocycles. The molecule has 0 fully saturated rings. The molecule has 0 radical (unpaired) electrons. The fourth-order valence-corrected chi connectivity index (χ4v) is 1.14. The van der Waals surface area contributed by atoms with Crippen LogP contribution in [0.25, 0.3) is 0 Å². The number of carbonyl (C=O) groups is 1. The first-order chi connectivity index (χ1) is 7.18. The highest BCUT2D eigenvalue weighted by atomic mass is 16.5.